The van der Waals surface area contributed by atoms with Gasteiger partial charge in [0.2, 0.25) is 0 Å². The van der Waals surface area contributed by atoms with E-state index in [0.29, 0.717) is 37.9 Å². The Bertz CT molecular complexity index is 1400. The molecule has 1 N–H and O–H groups in total. The van der Waals surface area contributed by atoms with Crippen LogP contribution in [0.5, 0.6) is 0 Å². The van der Waals surface area contributed by atoms with E-state index in [1.807, 2.05) is 38.9 Å². The van der Waals surface area contributed by atoms with Crippen molar-refractivity contribution in [1.82, 2.24) is 24.0 Å². The highest BCUT2D eigenvalue weighted by Gasteiger charge is 2.86. The summed E-state index contributed by atoms with van der Waals surface area (Å²) in [5.74, 6) is 2.30. The summed E-state index contributed by atoms with van der Waals surface area (Å²) in [6, 6.07) is 0. The number of allylic oxidation sites excluding steroid dienone is 1. The summed E-state index contributed by atoms with van der Waals surface area (Å²) in [6.45, 7) is 8.59. The predicted octanol–water partition coefficient (Wildman–Crippen LogP) is 4.63. The maximum Gasteiger partial charge on any atom is 0.315 e. The van der Waals surface area contributed by atoms with Crippen LogP contribution in [0.4, 0.5) is 0 Å². The van der Waals surface area contributed by atoms with Crippen molar-refractivity contribution in [3.63, 3.8) is 0 Å². The molecule has 0 radical (unpaired) electrons. The van der Waals surface area contributed by atoms with Gasteiger partial charge in [-0.05, 0) is 61.7 Å². The van der Waals surface area contributed by atoms with Gasteiger partial charge in [0.1, 0.15) is 23.3 Å². The molecule has 1 aliphatic heterocycles. The van der Waals surface area contributed by atoms with E-state index in [-0.39, 0.29) is 30.0 Å². The molecule has 1 saturated heterocycles. The van der Waals surface area contributed by atoms with Gasteiger partial charge in [-0.1, -0.05) is 38.8 Å². The number of carboxylic acid groups (broad SMARTS) is 1. The average Bonchev–Trinajstić information content (AvgIpc) is 3.81. The van der Waals surface area contributed by atoms with Gasteiger partial charge in [0.15, 0.2) is 0 Å². The maximum absolute atomic E-state index is 13.9. The van der Waals surface area contributed by atoms with Crippen molar-refractivity contribution < 1.29 is 19.4 Å². The monoisotopic (exact) mass is 589 g/mol. The molecule has 3 heterocycles. The van der Waals surface area contributed by atoms with E-state index in [0.717, 1.165) is 55.6 Å². The number of aryl methyl sites for hydroxylation is 2. The number of hydrogen-bond donors (Lipinski definition) is 1. The zero-order chi connectivity index (χ0) is 30.3. The number of fused-ring (bicyclic) bond motifs is 2. The summed E-state index contributed by atoms with van der Waals surface area (Å²) >= 11 is 0. The Morgan fingerprint density at radius 3 is 2.33 bits per heavy atom. The molecule has 9 atom stereocenters. The van der Waals surface area contributed by atoms with Crippen molar-refractivity contribution in [1.29, 1.82) is 0 Å². The number of carbonyl (C=O) groups is 2. The molecule has 5 aliphatic rings. The lowest BCUT2D eigenvalue weighted by atomic mass is 9.41. The molecule has 6 unspecified atom stereocenters. The third kappa shape index (κ3) is 3.76. The minimum absolute atomic E-state index is 0.0300. The number of hydrogen-bond acceptors (Lipinski definition) is 6. The van der Waals surface area contributed by atoms with Gasteiger partial charge in [0, 0.05) is 50.8 Å². The standard InChI is InChI=1S/C34H47N5O4/c1-21(2)27-14-23-15-32(20-40)26-8-6-22(3)25(26)16-33(23,34(27,32)31(41)42)28-9-7-24(43-28)17-39(18-29-35-10-12-37(29)4)19-30-36-11-13-38(30)5/h10-14,20-26,28H,6-9,15-19H2,1-5H3,(H,41,42)/t22-,23?,24?,25-,26-,28?,32?,33?,34?/m1/s1. The number of rotatable bonds is 10. The minimum atomic E-state index is -1.19. The summed E-state index contributed by atoms with van der Waals surface area (Å²) in [6.07, 6.45) is 16.0. The SMILES string of the molecule is CC(C)C1=CC2CC3(C=O)[C@@H]4CC[C@@H](C)[C@H]4CC2(C2CCC(CN(Cc4nccn4C)Cc4nccn4C)O2)C13C(=O)O. The Hall–Kier alpha value is -2.78. The van der Waals surface area contributed by atoms with Gasteiger partial charge < -0.3 is 23.8 Å². The fourth-order valence-corrected chi connectivity index (χ4v) is 11.0. The number of nitrogens with zero attached hydrogens (tertiary/aromatic N) is 5. The van der Waals surface area contributed by atoms with Gasteiger partial charge in [-0.25, -0.2) is 9.97 Å². The first-order chi connectivity index (χ1) is 20.6. The van der Waals surface area contributed by atoms with Crippen molar-refractivity contribution in [2.45, 2.75) is 84.6 Å². The van der Waals surface area contributed by atoms with E-state index in [1.54, 1.807) is 0 Å². The number of aldehydes is 1. The Morgan fingerprint density at radius 1 is 1.09 bits per heavy atom. The molecule has 7 rings (SSSR count). The van der Waals surface area contributed by atoms with Gasteiger partial charge in [-0.3, -0.25) is 9.69 Å². The molecule has 9 heteroatoms. The van der Waals surface area contributed by atoms with Crippen LogP contribution in [-0.4, -0.2) is 60.1 Å². The number of imidazole rings is 2. The van der Waals surface area contributed by atoms with E-state index in [4.69, 9.17) is 4.74 Å². The van der Waals surface area contributed by atoms with Crippen molar-refractivity contribution >= 4 is 12.3 Å². The Kier molecular flexibility index (Phi) is 6.82. The summed E-state index contributed by atoms with van der Waals surface area (Å²) in [4.78, 5) is 38.9. The fraction of sp³-hybridized carbons (Fsp3) is 0.706. The van der Waals surface area contributed by atoms with Crippen LogP contribution in [0.1, 0.15) is 70.9 Å². The van der Waals surface area contributed by atoms with Crippen LogP contribution in [0.3, 0.4) is 0 Å². The van der Waals surface area contributed by atoms with Crippen molar-refractivity contribution in [2.24, 2.45) is 59.9 Å². The summed E-state index contributed by atoms with van der Waals surface area (Å²) in [7, 11) is 4.03. The lowest BCUT2D eigenvalue weighted by Crippen LogP contribution is -2.65. The predicted molar refractivity (Wildman–Crippen MR) is 160 cm³/mol. The zero-order valence-corrected chi connectivity index (χ0v) is 26.3. The van der Waals surface area contributed by atoms with Crippen LogP contribution in [0.2, 0.25) is 0 Å². The highest BCUT2D eigenvalue weighted by atomic mass is 16.5. The van der Waals surface area contributed by atoms with Gasteiger partial charge in [-0.2, -0.15) is 0 Å². The lowest BCUT2D eigenvalue weighted by Gasteiger charge is -2.60. The van der Waals surface area contributed by atoms with E-state index >= 15 is 0 Å². The summed E-state index contributed by atoms with van der Waals surface area (Å²) in [5.41, 5.74) is -1.64. The van der Waals surface area contributed by atoms with E-state index in [2.05, 4.69) is 50.8 Å². The zero-order valence-electron chi connectivity index (χ0n) is 26.3. The Morgan fingerprint density at radius 2 is 1.77 bits per heavy atom. The van der Waals surface area contributed by atoms with Crippen LogP contribution in [-0.2, 0) is 41.5 Å². The van der Waals surface area contributed by atoms with Crippen LogP contribution in [0.25, 0.3) is 0 Å². The summed E-state index contributed by atoms with van der Waals surface area (Å²) < 4.78 is 11.2. The molecule has 4 bridgehead atoms. The van der Waals surface area contributed by atoms with E-state index in [1.165, 1.54) is 0 Å². The average molecular weight is 590 g/mol. The largest absolute Gasteiger partial charge is 0.481 e. The van der Waals surface area contributed by atoms with E-state index < -0.39 is 22.2 Å². The smallest absolute Gasteiger partial charge is 0.315 e. The molecule has 0 spiro atoms. The van der Waals surface area contributed by atoms with Gasteiger partial charge in [0.25, 0.3) is 0 Å². The summed E-state index contributed by atoms with van der Waals surface area (Å²) in [5, 5.41) is 11.4. The molecule has 9 nitrogen and oxygen atoms in total. The second kappa shape index (κ2) is 10.1. The Balaban J connectivity index is 1.23. The van der Waals surface area contributed by atoms with Crippen LogP contribution in [0, 0.1) is 45.8 Å². The van der Waals surface area contributed by atoms with Gasteiger partial charge >= 0.3 is 5.97 Å². The lowest BCUT2D eigenvalue weighted by molar-refractivity contribution is -0.197. The quantitative estimate of drug-likeness (QED) is 0.319. The third-order valence-corrected chi connectivity index (χ3v) is 12.7. The first-order valence-corrected chi connectivity index (χ1v) is 16.3. The second-order valence-electron chi connectivity index (χ2n) is 14.8. The highest BCUT2D eigenvalue weighted by molar-refractivity contribution is 5.90. The van der Waals surface area contributed by atoms with Crippen molar-refractivity contribution in [3.05, 3.63) is 48.1 Å². The molecule has 0 aromatic carbocycles. The molecule has 2 aromatic rings. The maximum atomic E-state index is 13.9. The second-order valence-corrected chi connectivity index (χ2v) is 14.8. The number of aromatic nitrogens is 4. The fourth-order valence-electron chi connectivity index (χ4n) is 11.0. The topological polar surface area (TPSA) is 102 Å². The molecular weight excluding hydrogens is 542 g/mol. The molecule has 2 aromatic heterocycles. The molecule has 0 amide bonds. The highest BCUT2D eigenvalue weighted by Crippen LogP contribution is 2.84. The van der Waals surface area contributed by atoms with Gasteiger partial charge in [-0.15, -0.1) is 0 Å². The third-order valence-electron chi connectivity index (χ3n) is 12.7. The van der Waals surface area contributed by atoms with Crippen molar-refractivity contribution in [2.75, 3.05) is 6.54 Å². The minimum Gasteiger partial charge on any atom is -0.481 e. The van der Waals surface area contributed by atoms with Gasteiger partial charge in [0.05, 0.1) is 30.7 Å². The van der Waals surface area contributed by atoms with E-state index in [9.17, 15) is 14.7 Å². The molecule has 232 valence electrons. The van der Waals surface area contributed by atoms with Crippen molar-refractivity contribution in [3.8, 4) is 0 Å². The normalized spacial score (nSPS) is 39.6. The van der Waals surface area contributed by atoms with Crippen LogP contribution in [0.15, 0.2) is 36.4 Å². The first-order valence-electron chi connectivity index (χ1n) is 16.3. The molecule has 3 saturated carbocycles. The first kappa shape index (κ1) is 29.0. The molecular formula is C34H47N5O4. The van der Waals surface area contributed by atoms with Crippen LogP contribution < -0.4 is 0 Å². The number of ether oxygens (including phenoxy) is 1. The molecule has 4 aliphatic carbocycles. The number of aliphatic carboxylic acids is 1. The molecule has 4 fully saturated rings. The molecule has 43 heavy (non-hydrogen) atoms. The van der Waals surface area contributed by atoms with Crippen LogP contribution >= 0.6 is 0 Å². The Labute approximate surface area is 254 Å². The number of carbonyl (C=O) groups excluding carboxylic acids is 1. The number of carboxylic acids is 1.